The van der Waals surface area contributed by atoms with E-state index < -0.39 is 17.2 Å². The van der Waals surface area contributed by atoms with Crippen molar-refractivity contribution < 1.29 is 19.1 Å². The first-order valence-electron chi connectivity index (χ1n) is 7.40. The summed E-state index contributed by atoms with van der Waals surface area (Å²) >= 11 is 1.24. The number of rotatable bonds is 4. The predicted octanol–water partition coefficient (Wildman–Crippen LogP) is 3.05. The highest BCUT2D eigenvalue weighted by atomic mass is 32.1. The van der Waals surface area contributed by atoms with Crippen molar-refractivity contribution in [3.05, 3.63) is 39.6 Å². The van der Waals surface area contributed by atoms with Crippen LogP contribution in [0.2, 0.25) is 0 Å². The second kappa shape index (κ2) is 5.89. The molecule has 8 heteroatoms. The summed E-state index contributed by atoms with van der Waals surface area (Å²) in [7, 11) is 0. The Morgan fingerprint density at radius 2 is 2.12 bits per heavy atom. The van der Waals surface area contributed by atoms with Crippen LogP contribution in [-0.4, -0.2) is 21.7 Å². The standard InChI is InChI=1S/C17H16N2O5S/c1-8-10-5-4-9(24-17(2,3)15(21)22)6-12(10)23-14(20)13(8)11-7-25-16(18)19-11/h4-7H,1-3H3,(H2,18,19)(H,21,22). The second-order valence-electron chi connectivity index (χ2n) is 6.04. The zero-order valence-electron chi connectivity index (χ0n) is 13.8. The van der Waals surface area contributed by atoms with Gasteiger partial charge < -0.3 is 20.0 Å². The molecule has 2 heterocycles. The lowest BCUT2D eigenvalue weighted by Crippen LogP contribution is -2.37. The van der Waals surface area contributed by atoms with Gasteiger partial charge >= 0.3 is 11.6 Å². The lowest BCUT2D eigenvalue weighted by molar-refractivity contribution is -0.152. The number of carboxylic acids is 1. The molecule has 0 unspecified atom stereocenters. The molecule has 0 atom stereocenters. The number of nitrogens with zero attached hydrogens (tertiary/aromatic N) is 1. The summed E-state index contributed by atoms with van der Waals surface area (Å²) in [6.45, 7) is 4.68. The number of fused-ring (bicyclic) bond motifs is 1. The fourth-order valence-corrected chi connectivity index (χ4v) is 2.99. The zero-order chi connectivity index (χ0) is 18.4. The minimum Gasteiger partial charge on any atom is -0.478 e. The van der Waals surface area contributed by atoms with Gasteiger partial charge in [-0.3, -0.25) is 0 Å². The molecule has 0 spiro atoms. The number of nitrogens with two attached hydrogens (primary N) is 1. The number of carbonyl (C=O) groups is 1. The van der Waals surface area contributed by atoms with E-state index in [1.165, 1.54) is 31.3 Å². The van der Waals surface area contributed by atoms with E-state index in [0.29, 0.717) is 38.7 Å². The average molecular weight is 360 g/mol. The molecule has 3 N–H and O–H groups in total. The van der Waals surface area contributed by atoms with Gasteiger partial charge in [-0.05, 0) is 38.5 Å². The molecule has 1 aromatic carbocycles. The number of carboxylic acid groups (broad SMARTS) is 1. The average Bonchev–Trinajstić information content (AvgIpc) is 2.92. The van der Waals surface area contributed by atoms with Crippen molar-refractivity contribution in [2.75, 3.05) is 5.73 Å². The van der Waals surface area contributed by atoms with Crippen LogP contribution in [0.15, 0.2) is 32.8 Å². The third kappa shape index (κ3) is 3.08. The summed E-state index contributed by atoms with van der Waals surface area (Å²) in [5.74, 6) is -0.796. The highest BCUT2D eigenvalue weighted by Gasteiger charge is 2.29. The van der Waals surface area contributed by atoms with Gasteiger partial charge in [-0.25, -0.2) is 14.6 Å². The second-order valence-corrected chi connectivity index (χ2v) is 6.93. The number of aromatic nitrogens is 1. The number of anilines is 1. The lowest BCUT2D eigenvalue weighted by atomic mass is 10.0. The normalized spacial score (nSPS) is 11.6. The maximum Gasteiger partial charge on any atom is 0.347 e. The molecular formula is C17H16N2O5S. The van der Waals surface area contributed by atoms with Gasteiger partial charge in [0.15, 0.2) is 10.7 Å². The van der Waals surface area contributed by atoms with Gasteiger partial charge in [0.25, 0.3) is 0 Å². The third-order valence-electron chi connectivity index (χ3n) is 3.80. The van der Waals surface area contributed by atoms with Crippen molar-refractivity contribution in [2.45, 2.75) is 26.4 Å². The van der Waals surface area contributed by atoms with Crippen LogP contribution in [0.3, 0.4) is 0 Å². The van der Waals surface area contributed by atoms with Crippen molar-refractivity contribution in [1.29, 1.82) is 0 Å². The van der Waals surface area contributed by atoms with Crippen LogP contribution in [-0.2, 0) is 4.79 Å². The molecule has 2 aromatic heterocycles. The third-order valence-corrected chi connectivity index (χ3v) is 4.48. The Morgan fingerprint density at radius 1 is 1.40 bits per heavy atom. The first kappa shape index (κ1) is 17.0. The maximum absolute atomic E-state index is 12.4. The molecule has 130 valence electrons. The Labute approximate surface area is 146 Å². The molecule has 25 heavy (non-hydrogen) atoms. The molecule has 0 saturated carbocycles. The first-order valence-corrected chi connectivity index (χ1v) is 8.28. The number of benzene rings is 1. The fraction of sp³-hybridized carbons (Fsp3) is 0.235. The minimum atomic E-state index is -1.40. The molecule has 0 aliphatic rings. The van der Waals surface area contributed by atoms with Crippen molar-refractivity contribution >= 4 is 33.4 Å². The Hall–Kier alpha value is -2.87. The van der Waals surface area contributed by atoms with Crippen molar-refractivity contribution in [1.82, 2.24) is 4.98 Å². The zero-order valence-corrected chi connectivity index (χ0v) is 14.6. The Balaban J connectivity index is 2.11. The van der Waals surface area contributed by atoms with Crippen molar-refractivity contribution in [3.63, 3.8) is 0 Å². The van der Waals surface area contributed by atoms with Crippen LogP contribution in [0.4, 0.5) is 5.13 Å². The van der Waals surface area contributed by atoms with Crippen molar-refractivity contribution in [3.8, 4) is 17.0 Å². The maximum atomic E-state index is 12.4. The number of thiazole rings is 1. The Morgan fingerprint density at radius 3 is 2.72 bits per heavy atom. The van der Waals surface area contributed by atoms with Crippen LogP contribution in [0.5, 0.6) is 5.75 Å². The number of hydrogen-bond acceptors (Lipinski definition) is 7. The van der Waals surface area contributed by atoms with Gasteiger partial charge in [0.05, 0.1) is 11.3 Å². The van der Waals surface area contributed by atoms with Gasteiger partial charge in [-0.15, -0.1) is 11.3 Å². The van der Waals surface area contributed by atoms with Crippen LogP contribution in [0, 0.1) is 6.92 Å². The topological polar surface area (TPSA) is 116 Å². The van der Waals surface area contributed by atoms with Crippen LogP contribution < -0.4 is 16.1 Å². The van der Waals surface area contributed by atoms with Crippen LogP contribution in [0.1, 0.15) is 19.4 Å². The predicted molar refractivity (Wildman–Crippen MR) is 95.1 cm³/mol. The Bertz CT molecular complexity index is 1040. The SMILES string of the molecule is Cc1c(-c2csc(N)n2)c(=O)oc2cc(OC(C)(C)C(=O)O)ccc12. The van der Waals surface area contributed by atoms with Crippen LogP contribution >= 0.6 is 11.3 Å². The summed E-state index contributed by atoms with van der Waals surface area (Å²) in [6.07, 6.45) is 0. The molecule has 3 rings (SSSR count). The molecule has 0 radical (unpaired) electrons. The summed E-state index contributed by atoms with van der Waals surface area (Å²) < 4.78 is 10.9. The molecule has 0 fully saturated rings. The van der Waals surface area contributed by atoms with E-state index in [-0.39, 0.29) is 0 Å². The number of nitrogen functional groups attached to an aromatic ring is 1. The highest BCUT2D eigenvalue weighted by molar-refractivity contribution is 7.13. The molecule has 0 aliphatic carbocycles. The molecule has 0 amide bonds. The lowest BCUT2D eigenvalue weighted by Gasteiger charge is -2.21. The van der Waals surface area contributed by atoms with E-state index in [9.17, 15) is 9.59 Å². The fourth-order valence-electron chi connectivity index (χ4n) is 2.44. The highest BCUT2D eigenvalue weighted by Crippen LogP contribution is 2.31. The van der Waals surface area contributed by atoms with E-state index >= 15 is 0 Å². The number of hydrogen-bond donors (Lipinski definition) is 2. The minimum absolute atomic E-state index is 0.299. The van der Waals surface area contributed by atoms with Gasteiger partial charge in [0.2, 0.25) is 0 Å². The van der Waals surface area contributed by atoms with E-state index in [4.69, 9.17) is 20.0 Å². The largest absolute Gasteiger partial charge is 0.478 e. The molecule has 0 saturated heterocycles. The van der Waals surface area contributed by atoms with E-state index in [1.807, 2.05) is 0 Å². The van der Waals surface area contributed by atoms with Crippen molar-refractivity contribution in [2.24, 2.45) is 0 Å². The Kier molecular flexibility index (Phi) is 4.00. The molecule has 7 nitrogen and oxygen atoms in total. The van der Waals surface area contributed by atoms with Gasteiger partial charge in [-0.2, -0.15) is 0 Å². The van der Waals surface area contributed by atoms with E-state index in [2.05, 4.69) is 4.98 Å². The van der Waals surface area contributed by atoms with E-state index in [1.54, 1.807) is 24.4 Å². The summed E-state index contributed by atoms with van der Waals surface area (Å²) in [6, 6.07) is 4.87. The molecule has 3 aromatic rings. The van der Waals surface area contributed by atoms with Gasteiger partial charge in [-0.1, -0.05) is 0 Å². The molecule has 0 aliphatic heterocycles. The smallest absolute Gasteiger partial charge is 0.347 e. The summed E-state index contributed by atoms with van der Waals surface area (Å²) in [4.78, 5) is 27.7. The summed E-state index contributed by atoms with van der Waals surface area (Å²) in [5.41, 5.74) is 5.56. The first-order chi connectivity index (χ1) is 11.7. The number of ether oxygens (including phenoxy) is 1. The monoisotopic (exact) mass is 360 g/mol. The van der Waals surface area contributed by atoms with Crippen LogP contribution in [0.25, 0.3) is 22.2 Å². The molecular weight excluding hydrogens is 344 g/mol. The quantitative estimate of drug-likeness (QED) is 0.687. The number of aryl methyl sites for hydroxylation is 1. The van der Waals surface area contributed by atoms with E-state index in [0.717, 1.165) is 0 Å². The number of aliphatic carboxylic acids is 1. The molecule has 0 bridgehead atoms. The summed E-state index contributed by atoms with van der Waals surface area (Å²) in [5, 5.41) is 11.9. The van der Waals surface area contributed by atoms with Gasteiger partial charge in [0.1, 0.15) is 11.3 Å². The van der Waals surface area contributed by atoms with Gasteiger partial charge in [0, 0.05) is 16.8 Å².